The first-order valence-electron chi connectivity index (χ1n) is 12.1. The van der Waals surface area contributed by atoms with Gasteiger partial charge < -0.3 is 9.80 Å². The molecule has 3 heteroatoms. The van der Waals surface area contributed by atoms with Crippen molar-refractivity contribution < 1.29 is 0 Å². The topological polar surface area (TPSA) is 9.72 Å². The molecule has 0 unspecified atom stereocenters. The van der Waals surface area contributed by atoms with Crippen molar-refractivity contribution in [2.75, 3.05) is 43.5 Å². The third-order valence-electron chi connectivity index (χ3n) is 6.77. The summed E-state index contributed by atoms with van der Waals surface area (Å²) in [4.78, 5) is 7.25. The lowest BCUT2D eigenvalue weighted by Crippen LogP contribution is -2.26. The average Bonchev–Trinajstić information content (AvgIpc) is 3.20. The Morgan fingerprint density at radius 2 is 1.74 bits per heavy atom. The molecule has 0 saturated carbocycles. The van der Waals surface area contributed by atoms with E-state index >= 15 is 0 Å². The Bertz CT molecular complexity index is 838. The molecule has 0 atom stereocenters. The summed E-state index contributed by atoms with van der Waals surface area (Å²) < 4.78 is 0. The molecule has 1 aliphatic carbocycles. The Kier molecular flexibility index (Phi) is 8.60. The van der Waals surface area contributed by atoms with Gasteiger partial charge in [-0.25, -0.2) is 0 Å². The van der Waals surface area contributed by atoms with Gasteiger partial charge in [0.25, 0.3) is 0 Å². The van der Waals surface area contributed by atoms with Crippen molar-refractivity contribution in [1.82, 2.24) is 4.90 Å². The highest BCUT2D eigenvalue weighted by atomic mass is 15.1. The molecule has 1 aliphatic heterocycles. The number of anilines is 2. The quantitative estimate of drug-likeness (QED) is 0.465. The molecule has 31 heavy (non-hydrogen) atoms. The van der Waals surface area contributed by atoms with Gasteiger partial charge in [-0.3, -0.25) is 4.90 Å². The summed E-state index contributed by atoms with van der Waals surface area (Å²) >= 11 is 0. The number of rotatable bonds is 8. The van der Waals surface area contributed by atoms with Gasteiger partial charge in [0.15, 0.2) is 0 Å². The number of allylic oxidation sites excluding steroid dienone is 5. The Labute approximate surface area is 190 Å². The fraction of sp³-hybridized carbons (Fsp3) is 0.500. The van der Waals surface area contributed by atoms with Crippen LogP contribution in [0.3, 0.4) is 0 Å². The maximum Gasteiger partial charge on any atom is 0.0412 e. The normalized spacial score (nSPS) is 17.4. The first-order chi connectivity index (χ1) is 15.0. The maximum atomic E-state index is 4.44. The van der Waals surface area contributed by atoms with Gasteiger partial charge >= 0.3 is 0 Å². The third kappa shape index (κ3) is 6.13. The Hall–Kier alpha value is -2.26. The van der Waals surface area contributed by atoms with Gasteiger partial charge in [0.1, 0.15) is 0 Å². The minimum absolute atomic E-state index is 0.971. The van der Waals surface area contributed by atoms with Gasteiger partial charge in [-0.2, -0.15) is 0 Å². The van der Waals surface area contributed by atoms with Crippen LogP contribution in [0.5, 0.6) is 0 Å². The second-order valence-corrected chi connectivity index (χ2v) is 8.88. The van der Waals surface area contributed by atoms with E-state index in [1.165, 1.54) is 66.9 Å². The van der Waals surface area contributed by atoms with Crippen LogP contribution in [0.1, 0.15) is 57.9 Å². The molecule has 0 bridgehead atoms. The summed E-state index contributed by atoms with van der Waals surface area (Å²) in [6.45, 7) is 13.3. The second kappa shape index (κ2) is 11.4. The lowest BCUT2D eigenvalue weighted by Gasteiger charge is -2.29. The number of hydrogen-bond acceptors (Lipinski definition) is 3. The molecule has 1 saturated heterocycles. The van der Waals surface area contributed by atoms with E-state index in [1.807, 2.05) is 0 Å². The zero-order chi connectivity index (χ0) is 22.2. The van der Waals surface area contributed by atoms with Crippen LogP contribution in [0.25, 0.3) is 0 Å². The molecule has 0 spiro atoms. The van der Waals surface area contributed by atoms with Crippen molar-refractivity contribution in [3.8, 4) is 0 Å². The number of benzene rings is 1. The summed E-state index contributed by atoms with van der Waals surface area (Å²) in [7, 11) is 4.34. The lowest BCUT2D eigenvalue weighted by atomic mass is 10.1. The van der Waals surface area contributed by atoms with Crippen molar-refractivity contribution >= 4 is 11.4 Å². The smallest absolute Gasteiger partial charge is 0.0412 e. The van der Waals surface area contributed by atoms with E-state index in [2.05, 4.69) is 91.7 Å². The molecule has 168 valence electrons. The van der Waals surface area contributed by atoms with E-state index in [0.717, 1.165) is 31.6 Å². The van der Waals surface area contributed by atoms with Crippen LogP contribution in [-0.4, -0.2) is 38.6 Å². The Morgan fingerprint density at radius 1 is 1.00 bits per heavy atom. The SMILES string of the molecule is C=C(C1=CCC=C(CC)C=C1)N(C)c1ccc(N(C)CC)c(CN2CCCCCC2)c1. The van der Waals surface area contributed by atoms with E-state index in [9.17, 15) is 0 Å². The van der Waals surface area contributed by atoms with Crippen LogP contribution < -0.4 is 9.80 Å². The van der Waals surface area contributed by atoms with Gasteiger partial charge in [-0.05, 0) is 75.0 Å². The monoisotopic (exact) mass is 419 g/mol. The van der Waals surface area contributed by atoms with E-state index in [4.69, 9.17) is 0 Å². The molecule has 1 heterocycles. The zero-order valence-electron chi connectivity index (χ0n) is 20.2. The van der Waals surface area contributed by atoms with Crippen LogP contribution in [0.15, 0.2) is 65.9 Å². The highest BCUT2D eigenvalue weighted by Crippen LogP contribution is 2.30. The highest BCUT2D eigenvalue weighted by Gasteiger charge is 2.16. The lowest BCUT2D eigenvalue weighted by molar-refractivity contribution is 0.277. The van der Waals surface area contributed by atoms with Crippen LogP contribution in [0.2, 0.25) is 0 Å². The van der Waals surface area contributed by atoms with Crippen LogP contribution in [-0.2, 0) is 6.54 Å². The maximum absolute atomic E-state index is 4.44. The minimum Gasteiger partial charge on any atom is -0.375 e. The van der Waals surface area contributed by atoms with Crippen molar-refractivity contribution in [3.63, 3.8) is 0 Å². The van der Waals surface area contributed by atoms with E-state index in [-0.39, 0.29) is 0 Å². The van der Waals surface area contributed by atoms with Gasteiger partial charge in [0, 0.05) is 44.3 Å². The first kappa shape index (κ1) is 23.4. The van der Waals surface area contributed by atoms with Gasteiger partial charge in [-0.1, -0.05) is 56.2 Å². The molecular weight excluding hydrogens is 378 g/mol. The standard InChI is InChI=1S/C28H41N3/c1-6-24-13-12-14-25(16-15-24)23(3)30(5)27-17-18-28(29(4)7-2)26(21-27)22-31-19-10-8-9-11-20-31/h13-18,21H,3,6-12,19-20,22H2,1-2,4-5H3. The molecule has 1 fully saturated rings. The number of likely N-dealkylation sites (tertiary alicyclic amines) is 1. The van der Waals surface area contributed by atoms with Crippen molar-refractivity contribution in [2.45, 2.75) is 58.9 Å². The zero-order valence-corrected chi connectivity index (χ0v) is 20.2. The van der Waals surface area contributed by atoms with E-state index in [1.54, 1.807) is 0 Å². The van der Waals surface area contributed by atoms with Crippen LogP contribution in [0, 0.1) is 0 Å². The molecule has 1 aromatic carbocycles. The molecule has 3 rings (SSSR count). The number of nitrogens with zero attached hydrogens (tertiary/aromatic N) is 3. The average molecular weight is 420 g/mol. The summed E-state index contributed by atoms with van der Waals surface area (Å²) in [6.07, 6.45) is 16.5. The predicted octanol–water partition coefficient (Wildman–Crippen LogP) is 6.69. The van der Waals surface area contributed by atoms with Crippen LogP contribution >= 0.6 is 0 Å². The third-order valence-corrected chi connectivity index (χ3v) is 6.77. The highest BCUT2D eigenvalue weighted by molar-refractivity contribution is 5.65. The molecule has 0 radical (unpaired) electrons. The summed E-state index contributed by atoms with van der Waals surface area (Å²) in [5.41, 5.74) is 7.65. The van der Waals surface area contributed by atoms with Crippen molar-refractivity contribution in [1.29, 1.82) is 0 Å². The minimum atomic E-state index is 0.971. The Balaban J connectivity index is 1.83. The van der Waals surface area contributed by atoms with Gasteiger partial charge in [-0.15, -0.1) is 0 Å². The fourth-order valence-electron chi connectivity index (χ4n) is 4.48. The van der Waals surface area contributed by atoms with Gasteiger partial charge in [0.2, 0.25) is 0 Å². The van der Waals surface area contributed by atoms with E-state index in [0.29, 0.717) is 0 Å². The molecular formula is C28H41N3. The molecule has 0 N–H and O–H groups in total. The van der Waals surface area contributed by atoms with E-state index < -0.39 is 0 Å². The number of hydrogen-bond donors (Lipinski definition) is 0. The fourth-order valence-corrected chi connectivity index (χ4v) is 4.48. The molecule has 1 aromatic rings. The van der Waals surface area contributed by atoms with Crippen LogP contribution in [0.4, 0.5) is 11.4 Å². The first-order valence-corrected chi connectivity index (χ1v) is 12.1. The van der Waals surface area contributed by atoms with Crippen molar-refractivity contribution in [3.05, 3.63) is 71.5 Å². The second-order valence-electron chi connectivity index (χ2n) is 8.88. The number of likely N-dealkylation sites (N-methyl/N-ethyl adjacent to an activating group) is 1. The summed E-state index contributed by atoms with van der Waals surface area (Å²) in [6, 6.07) is 6.92. The van der Waals surface area contributed by atoms with Crippen molar-refractivity contribution in [2.24, 2.45) is 0 Å². The Morgan fingerprint density at radius 3 is 2.42 bits per heavy atom. The predicted molar refractivity (Wildman–Crippen MR) is 137 cm³/mol. The largest absolute Gasteiger partial charge is 0.375 e. The molecule has 3 nitrogen and oxygen atoms in total. The summed E-state index contributed by atoms with van der Waals surface area (Å²) in [5.74, 6) is 0. The molecule has 2 aliphatic rings. The molecule has 0 amide bonds. The van der Waals surface area contributed by atoms with Gasteiger partial charge in [0.05, 0.1) is 0 Å². The summed E-state index contributed by atoms with van der Waals surface area (Å²) in [5, 5.41) is 0. The molecule has 0 aromatic heterocycles.